The van der Waals surface area contributed by atoms with Gasteiger partial charge in [0.2, 0.25) is 5.91 Å². The number of anilines is 2. The maximum absolute atomic E-state index is 12.4. The van der Waals surface area contributed by atoms with E-state index in [9.17, 15) is 14.4 Å². The lowest BCUT2D eigenvalue weighted by Gasteiger charge is -2.35. The third-order valence-electron chi connectivity index (χ3n) is 4.63. The van der Waals surface area contributed by atoms with Crippen molar-refractivity contribution in [3.8, 4) is 0 Å². The zero-order valence-electron chi connectivity index (χ0n) is 15.8. The second kappa shape index (κ2) is 8.51. The predicted octanol–water partition coefficient (Wildman–Crippen LogP) is 1.79. The third-order valence-corrected chi connectivity index (χ3v) is 4.63. The number of rotatable bonds is 4. The number of carbonyl (C=O) groups excluding carboxylic acids is 3. The molecule has 1 saturated heterocycles. The molecule has 1 fully saturated rings. The number of benzene rings is 1. The van der Waals surface area contributed by atoms with Crippen molar-refractivity contribution >= 4 is 29.2 Å². The molecular weight excluding hydrogens is 360 g/mol. The lowest BCUT2D eigenvalue weighted by atomic mass is 10.2. The summed E-state index contributed by atoms with van der Waals surface area (Å²) in [6, 6.07) is 9.95. The number of esters is 1. The molecule has 3 rings (SSSR count). The molecule has 2 aromatic rings. The molecule has 2 amide bonds. The Kier molecular flexibility index (Phi) is 5.88. The molecular formula is C20H22N4O4. The number of ether oxygens (including phenoxy) is 1. The molecule has 146 valence electrons. The fourth-order valence-electron chi connectivity index (χ4n) is 2.99. The Hall–Kier alpha value is -3.42. The lowest BCUT2D eigenvalue weighted by Crippen LogP contribution is -2.48. The van der Waals surface area contributed by atoms with E-state index in [1.54, 1.807) is 43.5 Å². The van der Waals surface area contributed by atoms with Gasteiger partial charge in [0.1, 0.15) is 5.69 Å². The molecule has 0 saturated carbocycles. The van der Waals surface area contributed by atoms with E-state index in [4.69, 9.17) is 0 Å². The molecule has 0 radical (unpaired) electrons. The van der Waals surface area contributed by atoms with E-state index in [0.717, 1.165) is 18.8 Å². The molecule has 1 N–H and O–H groups in total. The second-order valence-corrected chi connectivity index (χ2v) is 6.42. The highest BCUT2D eigenvalue weighted by Crippen LogP contribution is 2.17. The van der Waals surface area contributed by atoms with Gasteiger partial charge in [0.05, 0.1) is 24.6 Å². The minimum absolute atomic E-state index is 0.0874. The number of methoxy groups -OCH3 is 1. The van der Waals surface area contributed by atoms with Crippen molar-refractivity contribution in [2.24, 2.45) is 0 Å². The highest BCUT2D eigenvalue weighted by Gasteiger charge is 2.19. The first-order valence-corrected chi connectivity index (χ1v) is 8.94. The highest BCUT2D eigenvalue weighted by atomic mass is 16.5. The number of aromatic nitrogens is 1. The van der Waals surface area contributed by atoms with Crippen LogP contribution in [-0.2, 0) is 9.53 Å². The van der Waals surface area contributed by atoms with Crippen LogP contribution in [0.25, 0.3) is 0 Å². The summed E-state index contributed by atoms with van der Waals surface area (Å²) in [7, 11) is 1.32. The van der Waals surface area contributed by atoms with Crippen molar-refractivity contribution in [1.29, 1.82) is 0 Å². The molecule has 0 spiro atoms. The van der Waals surface area contributed by atoms with E-state index in [2.05, 4.69) is 19.9 Å². The maximum atomic E-state index is 12.4. The molecule has 8 nitrogen and oxygen atoms in total. The molecule has 0 aliphatic carbocycles. The molecule has 2 heterocycles. The Bertz CT molecular complexity index is 857. The van der Waals surface area contributed by atoms with Crippen molar-refractivity contribution in [1.82, 2.24) is 9.88 Å². The van der Waals surface area contributed by atoms with Crippen LogP contribution in [0.5, 0.6) is 0 Å². The van der Waals surface area contributed by atoms with E-state index in [0.29, 0.717) is 30.0 Å². The van der Waals surface area contributed by atoms with Gasteiger partial charge in [-0.15, -0.1) is 0 Å². The van der Waals surface area contributed by atoms with Crippen LogP contribution >= 0.6 is 0 Å². The van der Waals surface area contributed by atoms with Crippen LogP contribution in [0, 0.1) is 0 Å². The van der Waals surface area contributed by atoms with E-state index >= 15 is 0 Å². The van der Waals surface area contributed by atoms with Crippen molar-refractivity contribution < 1.29 is 19.1 Å². The summed E-state index contributed by atoms with van der Waals surface area (Å²) in [5.41, 5.74) is 2.18. The van der Waals surface area contributed by atoms with Crippen LogP contribution in [0.4, 0.5) is 11.4 Å². The fourth-order valence-corrected chi connectivity index (χ4v) is 2.99. The Balaban J connectivity index is 1.59. The van der Waals surface area contributed by atoms with E-state index in [1.165, 1.54) is 7.11 Å². The molecule has 0 unspecified atom stereocenters. The Labute approximate surface area is 163 Å². The van der Waals surface area contributed by atoms with E-state index < -0.39 is 5.97 Å². The van der Waals surface area contributed by atoms with Crippen LogP contribution in [-0.4, -0.2) is 61.0 Å². The Morgan fingerprint density at radius 2 is 1.68 bits per heavy atom. The van der Waals surface area contributed by atoms with Crippen LogP contribution in [0.1, 0.15) is 27.8 Å². The molecule has 1 aliphatic rings. The number of hydrogen-bond donors (Lipinski definition) is 1. The van der Waals surface area contributed by atoms with Gasteiger partial charge in [0.25, 0.3) is 5.91 Å². The average molecular weight is 382 g/mol. The molecule has 0 bridgehead atoms. The lowest BCUT2D eigenvalue weighted by molar-refractivity contribution is -0.129. The minimum Gasteiger partial charge on any atom is -0.465 e. The molecule has 1 aliphatic heterocycles. The number of nitrogens with one attached hydrogen (secondary N) is 1. The Morgan fingerprint density at radius 1 is 1.00 bits per heavy atom. The van der Waals surface area contributed by atoms with Gasteiger partial charge in [-0.25, -0.2) is 9.78 Å². The monoisotopic (exact) mass is 382 g/mol. The van der Waals surface area contributed by atoms with E-state index in [1.807, 2.05) is 11.0 Å². The average Bonchev–Trinajstić information content (AvgIpc) is 2.74. The number of hydrogen-bond acceptors (Lipinski definition) is 6. The third kappa shape index (κ3) is 4.46. The Morgan fingerprint density at radius 3 is 2.21 bits per heavy atom. The number of carbonyl (C=O) groups is 3. The van der Waals surface area contributed by atoms with Gasteiger partial charge in [0, 0.05) is 38.8 Å². The van der Waals surface area contributed by atoms with Crippen molar-refractivity contribution in [2.75, 3.05) is 43.5 Å². The molecule has 1 aromatic heterocycles. The molecule has 8 heteroatoms. The fraction of sp³-hybridized carbons (Fsp3) is 0.300. The van der Waals surface area contributed by atoms with Crippen LogP contribution in [0.15, 0.2) is 42.6 Å². The standard InChI is InChI=1S/C20H22N4O4/c1-14(25)23-9-11-24(12-10-23)17-7-8-18(21-13-17)19(26)22-16-5-3-15(4-6-16)20(27)28-2/h3-8,13H,9-12H2,1-2H3,(H,22,26). The summed E-state index contributed by atoms with van der Waals surface area (Å²) in [5, 5.41) is 2.75. The van der Waals surface area contributed by atoms with Crippen LogP contribution in [0.3, 0.4) is 0 Å². The number of amides is 2. The van der Waals surface area contributed by atoms with Crippen molar-refractivity contribution in [3.05, 3.63) is 53.9 Å². The largest absolute Gasteiger partial charge is 0.465 e. The SMILES string of the molecule is COC(=O)c1ccc(NC(=O)c2ccc(N3CCN(C(C)=O)CC3)cn2)cc1. The zero-order valence-corrected chi connectivity index (χ0v) is 15.8. The summed E-state index contributed by atoms with van der Waals surface area (Å²) in [6.07, 6.45) is 1.67. The highest BCUT2D eigenvalue weighted by molar-refractivity contribution is 6.03. The van der Waals surface area contributed by atoms with Crippen LogP contribution < -0.4 is 10.2 Å². The van der Waals surface area contributed by atoms with E-state index in [-0.39, 0.29) is 11.8 Å². The van der Waals surface area contributed by atoms with Gasteiger partial charge in [-0.05, 0) is 36.4 Å². The first kappa shape index (κ1) is 19.3. The molecule has 1 aromatic carbocycles. The summed E-state index contributed by atoms with van der Waals surface area (Å²) < 4.78 is 4.65. The van der Waals surface area contributed by atoms with Crippen molar-refractivity contribution in [3.63, 3.8) is 0 Å². The number of pyridine rings is 1. The summed E-state index contributed by atoms with van der Waals surface area (Å²) in [6.45, 7) is 4.41. The zero-order chi connectivity index (χ0) is 20.1. The first-order chi connectivity index (χ1) is 13.5. The number of piperazine rings is 1. The summed E-state index contributed by atoms with van der Waals surface area (Å²) >= 11 is 0. The van der Waals surface area contributed by atoms with Crippen LogP contribution in [0.2, 0.25) is 0 Å². The summed E-state index contributed by atoms with van der Waals surface area (Å²) in [5.74, 6) is -0.678. The quantitative estimate of drug-likeness (QED) is 0.811. The van der Waals surface area contributed by atoms with Gasteiger partial charge in [-0.3, -0.25) is 9.59 Å². The van der Waals surface area contributed by atoms with Gasteiger partial charge < -0.3 is 19.9 Å². The smallest absolute Gasteiger partial charge is 0.337 e. The van der Waals surface area contributed by atoms with Gasteiger partial charge in [0.15, 0.2) is 0 Å². The number of nitrogens with zero attached hydrogens (tertiary/aromatic N) is 3. The normalized spacial score (nSPS) is 13.8. The molecule has 28 heavy (non-hydrogen) atoms. The maximum Gasteiger partial charge on any atom is 0.337 e. The van der Waals surface area contributed by atoms with Crippen molar-refractivity contribution in [2.45, 2.75) is 6.92 Å². The van der Waals surface area contributed by atoms with Gasteiger partial charge in [-0.2, -0.15) is 0 Å². The predicted molar refractivity (Wildman–Crippen MR) is 104 cm³/mol. The van der Waals surface area contributed by atoms with Gasteiger partial charge in [-0.1, -0.05) is 0 Å². The topological polar surface area (TPSA) is 91.8 Å². The summed E-state index contributed by atoms with van der Waals surface area (Å²) in [4.78, 5) is 43.4. The second-order valence-electron chi connectivity index (χ2n) is 6.42. The first-order valence-electron chi connectivity index (χ1n) is 8.94. The van der Waals surface area contributed by atoms with Gasteiger partial charge >= 0.3 is 5.97 Å². The molecule has 0 atom stereocenters. The minimum atomic E-state index is -0.431.